The second-order valence-electron chi connectivity index (χ2n) is 8.99. The Balaban J connectivity index is 1.58. The minimum Gasteiger partial charge on any atom is -0.489 e. The number of pyridine rings is 1. The van der Waals surface area contributed by atoms with Crippen molar-refractivity contribution in [3.8, 4) is 11.5 Å². The van der Waals surface area contributed by atoms with Gasteiger partial charge in [-0.2, -0.15) is 8.78 Å². The molecule has 0 radical (unpaired) electrons. The highest BCUT2D eigenvalue weighted by Gasteiger charge is 2.26. The molecule has 3 aromatic rings. The van der Waals surface area contributed by atoms with Gasteiger partial charge in [-0.15, -0.1) is 0 Å². The Kier molecular flexibility index (Phi) is 9.63. The van der Waals surface area contributed by atoms with Gasteiger partial charge in [-0.3, -0.25) is 9.78 Å². The van der Waals surface area contributed by atoms with Gasteiger partial charge < -0.3 is 14.2 Å². The van der Waals surface area contributed by atoms with Crippen molar-refractivity contribution >= 4 is 39.0 Å². The van der Waals surface area contributed by atoms with Gasteiger partial charge in [-0.1, -0.05) is 47.5 Å². The molecule has 0 N–H and O–H groups in total. The van der Waals surface area contributed by atoms with E-state index >= 15 is 0 Å². The number of alkyl halides is 2. The number of ether oxygens (including phenoxy) is 3. The van der Waals surface area contributed by atoms with Crippen molar-refractivity contribution < 1.29 is 36.2 Å². The number of halogens is 4. The van der Waals surface area contributed by atoms with Gasteiger partial charge in [0.25, 0.3) is 0 Å². The molecule has 0 amide bonds. The summed E-state index contributed by atoms with van der Waals surface area (Å²) in [5, 5.41) is 0.469. The van der Waals surface area contributed by atoms with E-state index in [-0.39, 0.29) is 32.9 Å². The van der Waals surface area contributed by atoms with Gasteiger partial charge in [0.1, 0.15) is 6.10 Å². The zero-order chi connectivity index (χ0) is 28.0. The maximum Gasteiger partial charge on any atom is 0.387 e. The molecule has 1 fully saturated rings. The molecular formula is C27H25Cl2F2NO6S. The molecule has 1 aliphatic carbocycles. The van der Waals surface area contributed by atoms with Gasteiger partial charge in [0.15, 0.2) is 21.3 Å². The fraction of sp³-hybridized carbons (Fsp3) is 0.333. The Hall–Kier alpha value is -2.95. The maximum atomic E-state index is 13.0. The number of carbonyl (C=O) groups is 1. The second kappa shape index (κ2) is 12.9. The third-order valence-electron chi connectivity index (χ3n) is 6.02. The third kappa shape index (κ3) is 8.27. The lowest BCUT2D eigenvalue weighted by Crippen LogP contribution is -2.18. The molecule has 2 aromatic carbocycles. The third-order valence-corrected chi connectivity index (χ3v) is 8.40. The summed E-state index contributed by atoms with van der Waals surface area (Å²) in [5.41, 5.74) is 0.835. The average Bonchev–Trinajstić information content (AvgIpc) is 3.73. The topological polar surface area (TPSA) is 91.8 Å². The van der Waals surface area contributed by atoms with E-state index in [4.69, 9.17) is 32.7 Å². The van der Waals surface area contributed by atoms with Gasteiger partial charge in [0, 0.05) is 18.8 Å². The van der Waals surface area contributed by atoms with Crippen molar-refractivity contribution in [2.24, 2.45) is 5.92 Å². The summed E-state index contributed by atoms with van der Waals surface area (Å²) in [7, 11) is -3.72. The van der Waals surface area contributed by atoms with Crippen LogP contribution < -0.4 is 9.47 Å². The number of nitrogens with zero attached hydrogens (tertiary/aromatic N) is 1. The van der Waals surface area contributed by atoms with E-state index in [1.807, 2.05) is 0 Å². The predicted molar refractivity (Wildman–Crippen MR) is 141 cm³/mol. The first-order chi connectivity index (χ1) is 18.6. The number of sulfone groups is 1. The van der Waals surface area contributed by atoms with Crippen molar-refractivity contribution in [2.75, 3.05) is 12.4 Å². The quantitative estimate of drug-likeness (QED) is 0.208. The highest BCUT2D eigenvalue weighted by atomic mass is 35.5. The standard InChI is InChI=1S/C27H25Cl2F2NO6S/c28-21-14-32-15-22(29)20(21)13-24(37-26(33)10-11-39(34,35)19-4-2-1-3-5-19)18-8-9-23(38-27(30)31)25(12-18)36-16-17-6-7-17/h1-5,8-9,12,14-15,17,24,27H,6-7,10-11,13,16H2. The summed E-state index contributed by atoms with van der Waals surface area (Å²) in [6, 6.07) is 12.0. The molecule has 1 unspecified atom stereocenters. The molecule has 1 atom stereocenters. The van der Waals surface area contributed by atoms with Crippen LogP contribution in [-0.4, -0.2) is 38.3 Å². The number of benzene rings is 2. The van der Waals surface area contributed by atoms with E-state index in [2.05, 4.69) is 9.72 Å². The first kappa shape index (κ1) is 29.0. The molecular weight excluding hydrogens is 575 g/mol. The Morgan fingerprint density at radius 1 is 1.03 bits per heavy atom. The average molecular weight is 600 g/mol. The van der Waals surface area contributed by atoms with Gasteiger partial charge in [0.2, 0.25) is 0 Å². The molecule has 1 aliphatic rings. The molecule has 1 heterocycles. The van der Waals surface area contributed by atoms with E-state index in [9.17, 15) is 22.0 Å². The normalized spacial score (nSPS) is 14.2. The van der Waals surface area contributed by atoms with Crippen molar-refractivity contribution in [1.29, 1.82) is 0 Å². The van der Waals surface area contributed by atoms with Gasteiger partial charge >= 0.3 is 12.6 Å². The van der Waals surface area contributed by atoms with Crippen LogP contribution in [0.1, 0.15) is 36.5 Å². The second-order valence-corrected chi connectivity index (χ2v) is 11.9. The summed E-state index contributed by atoms with van der Waals surface area (Å²) in [6.07, 6.45) is 3.33. The number of aromatic nitrogens is 1. The van der Waals surface area contributed by atoms with Crippen LogP contribution in [0.2, 0.25) is 10.0 Å². The first-order valence-electron chi connectivity index (χ1n) is 12.1. The number of esters is 1. The van der Waals surface area contributed by atoms with Crippen molar-refractivity contribution in [1.82, 2.24) is 4.98 Å². The minimum atomic E-state index is -3.72. The molecule has 7 nitrogen and oxygen atoms in total. The first-order valence-corrected chi connectivity index (χ1v) is 14.5. The summed E-state index contributed by atoms with van der Waals surface area (Å²) in [6.45, 7) is -2.74. The summed E-state index contributed by atoms with van der Waals surface area (Å²) < 4.78 is 67.3. The molecule has 4 rings (SSSR count). The summed E-state index contributed by atoms with van der Waals surface area (Å²) >= 11 is 12.6. The summed E-state index contributed by atoms with van der Waals surface area (Å²) in [4.78, 5) is 16.9. The SMILES string of the molecule is O=C(CCS(=O)(=O)c1ccccc1)OC(Cc1c(Cl)cncc1Cl)c1ccc(OC(F)F)c(OCC2CC2)c1. The van der Waals surface area contributed by atoms with Crippen LogP contribution in [0.5, 0.6) is 11.5 Å². The minimum absolute atomic E-state index is 0.00841. The largest absolute Gasteiger partial charge is 0.489 e. The zero-order valence-electron chi connectivity index (χ0n) is 20.6. The Morgan fingerprint density at radius 3 is 2.36 bits per heavy atom. The fourth-order valence-corrected chi connectivity index (χ4v) is 5.51. The van der Waals surface area contributed by atoms with Crippen molar-refractivity contribution in [2.45, 2.75) is 43.3 Å². The molecule has 1 aromatic heterocycles. The van der Waals surface area contributed by atoms with Crippen molar-refractivity contribution in [3.05, 3.63) is 82.1 Å². The lowest BCUT2D eigenvalue weighted by atomic mass is 10.0. The van der Waals surface area contributed by atoms with Crippen LogP contribution in [0.25, 0.3) is 0 Å². The van der Waals surface area contributed by atoms with Gasteiger partial charge in [-0.05, 0) is 54.2 Å². The Labute approximate surface area is 234 Å². The number of rotatable bonds is 13. The van der Waals surface area contributed by atoms with Crippen LogP contribution in [0.4, 0.5) is 8.78 Å². The molecule has 0 aliphatic heterocycles. The number of carbonyl (C=O) groups excluding carboxylic acids is 1. The highest BCUT2D eigenvalue weighted by Crippen LogP contribution is 2.38. The number of hydrogen-bond acceptors (Lipinski definition) is 7. The Morgan fingerprint density at radius 2 is 1.72 bits per heavy atom. The molecule has 208 valence electrons. The predicted octanol–water partition coefficient (Wildman–Crippen LogP) is 6.47. The van der Waals surface area contributed by atoms with Gasteiger partial charge in [-0.25, -0.2) is 8.42 Å². The molecule has 0 bridgehead atoms. The van der Waals surface area contributed by atoms with E-state index in [1.165, 1.54) is 42.7 Å². The van der Waals surface area contributed by atoms with E-state index < -0.39 is 40.7 Å². The zero-order valence-corrected chi connectivity index (χ0v) is 22.9. The lowest BCUT2D eigenvalue weighted by molar-refractivity contribution is -0.149. The molecule has 12 heteroatoms. The van der Waals surface area contributed by atoms with Crippen LogP contribution in [0.3, 0.4) is 0 Å². The molecule has 0 spiro atoms. The van der Waals surface area contributed by atoms with Crippen LogP contribution in [0, 0.1) is 5.92 Å². The fourth-order valence-electron chi connectivity index (χ4n) is 3.75. The number of hydrogen-bond donors (Lipinski definition) is 0. The van der Waals surface area contributed by atoms with E-state index in [0.29, 0.717) is 23.7 Å². The molecule has 0 saturated heterocycles. The van der Waals surface area contributed by atoms with Crippen molar-refractivity contribution in [3.63, 3.8) is 0 Å². The molecule has 39 heavy (non-hydrogen) atoms. The van der Waals surface area contributed by atoms with Crippen LogP contribution >= 0.6 is 23.2 Å². The van der Waals surface area contributed by atoms with Crippen LogP contribution in [0.15, 0.2) is 65.8 Å². The lowest BCUT2D eigenvalue weighted by Gasteiger charge is -2.21. The van der Waals surface area contributed by atoms with E-state index in [1.54, 1.807) is 18.2 Å². The van der Waals surface area contributed by atoms with Gasteiger partial charge in [0.05, 0.1) is 33.7 Å². The van der Waals surface area contributed by atoms with E-state index in [0.717, 1.165) is 12.8 Å². The monoisotopic (exact) mass is 599 g/mol. The maximum absolute atomic E-state index is 13.0. The summed E-state index contributed by atoms with van der Waals surface area (Å²) in [5.74, 6) is -0.999. The van der Waals surface area contributed by atoms with Crippen LogP contribution in [-0.2, 0) is 25.8 Å². The highest BCUT2D eigenvalue weighted by molar-refractivity contribution is 7.91. The molecule has 1 saturated carbocycles. The Bertz CT molecular complexity index is 1380. The smallest absolute Gasteiger partial charge is 0.387 e.